The summed E-state index contributed by atoms with van der Waals surface area (Å²) in [6.45, 7) is 7.72. The number of hydrogen-bond donors (Lipinski definition) is 2. The fraction of sp³-hybridized carbons (Fsp3) is 0.400. The van der Waals surface area contributed by atoms with Crippen molar-refractivity contribution in [3.05, 3.63) is 42.9 Å². The van der Waals surface area contributed by atoms with Crippen LogP contribution in [0.4, 0.5) is 5.69 Å². The molecule has 0 unspecified atom stereocenters. The van der Waals surface area contributed by atoms with Crippen molar-refractivity contribution in [2.24, 2.45) is 11.8 Å². The predicted molar refractivity (Wildman–Crippen MR) is 103 cm³/mol. The molecule has 0 aliphatic carbocycles. The van der Waals surface area contributed by atoms with Crippen LogP contribution in [0.1, 0.15) is 34.1 Å². The van der Waals surface area contributed by atoms with Crippen molar-refractivity contribution in [3.63, 3.8) is 0 Å². The van der Waals surface area contributed by atoms with Crippen molar-refractivity contribution in [1.29, 1.82) is 0 Å². The van der Waals surface area contributed by atoms with E-state index in [0.29, 0.717) is 23.7 Å². The second-order valence-electron chi connectivity index (χ2n) is 7.05. The number of carbonyl (C=O) groups excluding carboxylic acids is 2. The van der Waals surface area contributed by atoms with Crippen molar-refractivity contribution in [3.8, 4) is 11.6 Å². The topological polar surface area (TPSA) is 93.2 Å². The number of carbonyl (C=O) groups is 2. The molecular formula is C20H26N4O3. The lowest BCUT2D eigenvalue weighted by atomic mass is 10.0. The van der Waals surface area contributed by atoms with Crippen molar-refractivity contribution in [2.45, 2.75) is 40.2 Å². The molecule has 144 valence electrons. The van der Waals surface area contributed by atoms with Gasteiger partial charge in [0.15, 0.2) is 0 Å². The molecule has 1 aromatic carbocycles. The molecule has 1 atom stereocenters. The quantitative estimate of drug-likeness (QED) is 0.743. The number of anilines is 1. The van der Waals surface area contributed by atoms with Gasteiger partial charge in [0.05, 0.1) is 6.20 Å². The van der Waals surface area contributed by atoms with Gasteiger partial charge in [0, 0.05) is 30.6 Å². The number of aromatic nitrogens is 2. The van der Waals surface area contributed by atoms with Crippen LogP contribution in [0.3, 0.4) is 0 Å². The molecule has 1 heterocycles. The number of rotatable bonds is 8. The normalized spacial score (nSPS) is 11.9. The minimum Gasteiger partial charge on any atom is -0.437 e. The lowest BCUT2D eigenvalue weighted by Crippen LogP contribution is -2.47. The van der Waals surface area contributed by atoms with E-state index in [1.54, 1.807) is 30.5 Å². The molecule has 2 aromatic rings. The van der Waals surface area contributed by atoms with E-state index in [0.717, 1.165) is 0 Å². The van der Waals surface area contributed by atoms with E-state index in [9.17, 15) is 9.59 Å². The highest BCUT2D eigenvalue weighted by atomic mass is 16.5. The molecule has 0 aliphatic rings. The average molecular weight is 370 g/mol. The van der Waals surface area contributed by atoms with Crippen LogP contribution in [0.25, 0.3) is 0 Å². The maximum absolute atomic E-state index is 12.7. The Labute approximate surface area is 159 Å². The second-order valence-corrected chi connectivity index (χ2v) is 7.05. The largest absolute Gasteiger partial charge is 0.437 e. The first-order valence-electron chi connectivity index (χ1n) is 8.99. The molecule has 7 nitrogen and oxygen atoms in total. The van der Waals surface area contributed by atoms with Crippen LogP contribution in [-0.4, -0.2) is 27.8 Å². The highest BCUT2D eigenvalue weighted by molar-refractivity contribution is 5.97. The standard InChI is InChI=1S/C20H26N4O3/c1-13(2)10-17(25)24-19(14(3)4)20(26)23-15-6-5-7-16(11-15)27-18-12-21-8-9-22-18/h5-9,11-14,19H,10H2,1-4H3,(H,23,26)(H,24,25)/t19-/m0/s1. The Balaban J connectivity index is 2.04. The van der Waals surface area contributed by atoms with Crippen LogP contribution in [0.5, 0.6) is 11.6 Å². The molecule has 27 heavy (non-hydrogen) atoms. The van der Waals surface area contributed by atoms with Crippen molar-refractivity contribution >= 4 is 17.5 Å². The zero-order valence-electron chi connectivity index (χ0n) is 16.1. The minimum atomic E-state index is -0.610. The average Bonchev–Trinajstić information content (AvgIpc) is 2.60. The molecule has 0 aliphatic heterocycles. The Kier molecular flexibility index (Phi) is 7.28. The first-order valence-corrected chi connectivity index (χ1v) is 8.99. The summed E-state index contributed by atoms with van der Waals surface area (Å²) in [6.07, 6.45) is 4.99. The van der Waals surface area contributed by atoms with Gasteiger partial charge in [0.1, 0.15) is 11.8 Å². The van der Waals surface area contributed by atoms with Gasteiger partial charge in [-0.05, 0) is 24.0 Å². The maximum Gasteiger partial charge on any atom is 0.247 e. The molecule has 2 N–H and O–H groups in total. The Hall–Kier alpha value is -2.96. The van der Waals surface area contributed by atoms with E-state index in [1.807, 2.05) is 27.7 Å². The molecule has 0 bridgehead atoms. The van der Waals surface area contributed by atoms with E-state index in [1.165, 1.54) is 12.4 Å². The minimum absolute atomic E-state index is 0.0415. The van der Waals surface area contributed by atoms with Gasteiger partial charge >= 0.3 is 0 Å². The van der Waals surface area contributed by atoms with E-state index in [2.05, 4.69) is 20.6 Å². The third kappa shape index (κ3) is 6.69. The summed E-state index contributed by atoms with van der Waals surface area (Å²) in [5.41, 5.74) is 0.574. The van der Waals surface area contributed by atoms with Gasteiger partial charge in [-0.15, -0.1) is 0 Å². The van der Waals surface area contributed by atoms with E-state index in [4.69, 9.17) is 4.74 Å². The highest BCUT2D eigenvalue weighted by Crippen LogP contribution is 2.22. The van der Waals surface area contributed by atoms with E-state index < -0.39 is 6.04 Å². The molecule has 2 rings (SSSR count). The fourth-order valence-electron chi connectivity index (χ4n) is 2.45. The molecule has 2 amide bonds. The number of hydrogen-bond acceptors (Lipinski definition) is 5. The number of nitrogens with zero attached hydrogens (tertiary/aromatic N) is 2. The van der Waals surface area contributed by atoms with Gasteiger partial charge in [-0.1, -0.05) is 33.8 Å². The monoisotopic (exact) mass is 370 g/mol. The summed E-state index contributed by atoms with van der Waals surface area (Å²) in [5.74, 6) is 0.688. The second kappa shape index (κ2) is 9.66. The van der Waals surface area contributed by atoms with Gasteiger partial charge in [-0.25, -0.2) is 4.98 Å². The summed E-state index contributed by atoms with van der Waals surface area (Å²) in [7, 11) is 0. The molecule has 0 saturated heterocycles. The van der Waals surface area contributed by atoms with Crippen LogP contribution in [0.15, 0.2) is 42.9 Å². The molecule has 0 radical (unpaired) electrons. The molecule has 1 aromatic heterocycles. The van der Waals surface area contributed by atoms with E-state index >= 15 is 0 Å². The summed E-state index contributed by atoms with van der Waals surface area (Å²) >= 11 is 0. The summed E-state index contributed by atoms with van der Waals surface area (Å²) in [6, 6.07) is 6.37. The van der Waals surface area contributed by atoms with Crippen molar-refractivity contribution in [2.75, 3.05) is 5.32 Å². The first kappa shape index (κ1) is 20.4. The summed E-state index contributed by atoms with van der Waals surface area (Å²) < 4.78 is 5.62. The Morgan fingerprint density at radius 3 is 2.56 bits per heavy atom. The van der Waals surface area contributed by atoms with Crippen LogP contribution in [-0.2, 0) is 9.59 Å². The summed E-state index contributed by atoms with van der Waals surface area (Å²) in [5, 5.41) is 5.66. The highest BCUT2D eigenvalue weighted by Gasteiger charge is 2.24. The first-order chi connectivity index (χ1) is 12.8. The summed E-state index contributed by atoms with van der Waals surface area (Å²) in [4.78, 5) is 32.7. The number of benzene rings is 1. The van der Waals surface area contributed by atoms with Crippen molar-refractivity contribution in [1.82, 2.24) is 15.3 Å². The van der Waals surface area contributed by atoms with Gasteiger partial charge in [-0.2, -0.15) is 0 Å². The zero-order valence-corrected chi connectivity index (χ0v) is 16.1. The van der Waals surface area contributed by atoms with Crippen LogP contribution in [0, 0.1) is 11.8 Å². The molecule has 0 fully saturated rings. The molecule has 0 spiro atoms. The van der Waals surface area contributed by atoms with Crippen LogP contribution < -0.4 is 15.4 Å². The number of amides is 2. The van der Waals surface area contributed by atoms with Gasteiger partial charge in [0.25, 0.3) is 0 Å². The van der Waals surface area contributed by atoms with Gasteiger partial charge < -0.3 is 15.4 Å². The van der Waals surface area contributed by atoms with Gasteiger partial charge in [-0.3, -0.25) is 14.6 Å². The lowest BCUT2D eigenvalue weighted by Gasteiger charge is -2.22. The zero-order chi connectivity index (χ0) is 19.8. The lowest BCUT2D eigenvalue weighted by molar-refractivity contribution is -0.127. The number of ether oxygens (including phenoxy) is 1. The van der Waals surface area contributed by atoms with E-state index in [-0.39, 0.29) is 23.7 Å². The fourth-order valence-corrected chi connectivity index (χ4v) is 2.45. The van der Waals surface area contributed by atoms with Gasteiger partial charge in [0.2, 0.25) is 17.7 Å². The predicted octanol–water partition coefficient (Wildman–Crippen LogP) is 3.39. The Morgan fingerprint density at radius 1 is 1.15 bits per heavy atom. The van der Waals surface area contributed by atoms with Crippen molar-refractivity contribution < 1.29 is 14.3 Å². The third-order valence-corrected chi connectivity index (χ3v) is 3.72. The molecule has 7 heteroatoms. The van der Waals surface area contributed by atoms with Crippen LogP contribution >= 0.6 is 0 Å². The maximum atomic E-state index is 12.7. The Morgan fingerprint density at radius 2 is 1.93 bits per heavy atom. The van der Waals surface area contributed by atoms with Crippen LogP contribution in [0.2, 0.25) is 0 Å². The molecular weight excluding hydrogens is 344 g/mol. The third-order valence-electron chi connectivity index (χ3n) is 3.72. The Bertz CT molecular complexity index is 763. The number of nitrogens with one attached hydrogen (secondary N) is 2. The molecule has 0 saturated carbocycles. The SMILES string of the molecule is CC(C)CC(=O)N[C@H](C(=O)Nc1cccc(Oc2cnccn2)c1)C(C)C. The smallest absolute Gasteiger partial charge is 0.247 e.